The van der Waals surface area contributed by atoms with Crippen LogP contribution in [0.2, 0.25) is 0 Å². The summed E-state index contributed by atoms with van der Waals surface area (Å²) < 4.78 is 43.3. The number of nitrogens with one attached hydrogen (secondary N) is 4. The third-order valence-corrected chi connectivity index (χ3v) is 6.80. The summed E-state index contributed by atoms with van der Waals surface area (Å²) in [5.41, 5.74) is 2.06. The molecule has 2 aromatic heterocycles. The fourth-order valence-corrected chi connectivity index (χ4v) is 4.68. The van der Waals surface area contributed by atoms with E-state index in [0.29, 0.717) is 28.3 Å². The molecule has 0 bridgehead atoms. The van der Waals surface area contributed by atoms with Crippen LogP contribution in [0.4, 0.5) is 41.1 Å². The summed E-state index contributed by atoms with van der Waals surface area (Å²) in [6.45, 7) is 5.96. The maximum Gasteiger partial charge on any atom is 0.328 e. The number of benzene rings is 3. The number of carbonyl (C=O) groups excluding carboxylic acids is 2. The van der Waals surface area contributed by atoms with E-state index in [0.717, 1.165) is 22.6 Å². The molecule has 0 saturated carbocycles. The summed E-state index contributed by atoms with van der Waals surface area (Å²) in [5.74, 6) is -2.18. The molecule has 1 aliphatic rings. The number of H-pyrrole nitrogens is 1. The van der Waals surface area contributed by atoms with E-state index >= 15 is 0 Å². The number of halogens is 3. The molecule has 0 aliphatic carbocycles. The SMILES string of the molecule is CC.Cc1ccc(C(=O)Nc2ccc(F)cc2)cc1-c1nc(NCc2ncc[nH]2)nc2c1CNC(=O)N2c1c(F)cccc1F. The van der Waals surface area contributed by atoms with Crippen molar-refractivity contribution >= 4 is 35.1 Å². The normalized spacial score (nSPS) is 12.0. The number of para-hydroxylation sites is 1. The van der Waals surface area contributed by atoms with Gasteiger partial charge in [-0.2, -0.15) is 4.98 Å². The molecule has 0 radical (unpaired) electrons. The largest absolute Gasteiger partial charge is 0.347 e. The first kappa shape index (κ1) is 30.7. The molecule has 0 atom stereocenters. The molecular weight excluding hydrogens is 585 g/mol. The smallest absolute Gasteiger partial charge is 0.328 e. The Labute approximate surface area is 256 Å². The molecule has 4 N–H and O–H groups in total. The number of rotatable bonds is 7. The van der Waals surface area contributed by atoms with E-state index in [4.69, 9.17) is 4.98 Å². The van der Waals surface area contributed by atoms with E-state index in [-0.39, 0.29) is 30.4 Å². The molecule has 10 nitrogen and oxygen atoms in total. The van der Waals surface area contributed by atoms with Crippen molar-refractivity contribution in [2.45, 2.75) is 33.9 Å². The number of aromatic amines is 1. The van der Waals surface area contributed by atoms with Crippen molar-refractivity contribution in [1.29, 1.82) is 0 Å². The Bertz CT molecular complexity index is 1830. The van der Waals surface area contributed by atoms with Crippen molar-refractivity contribution in [3.05, 3.63) is 113 Å². The van der Waals surface area contributed by atoms with Gasteiger partial charge in [-0.25, -0.2) is 32.8 Å². The molecule has 13 heteroatoms. The molecule has 0 fully saturated rings. The summed E-state index contributed by atoms with van der Waals surface area (Å²) in [7, 11) is 0. The number of anilines is 4. The Kier molecular flexibility index (Phi) is 9.07. The monoisotopic (exact) mass is 614 g/mol. The highest BCUT2D eigenvalue weighted by Gasteiger charge is 2.34. The molecule has 0 spiro atoms. The fraction of sp³-hybridized carbons (Fsp3) is 0.156. The van der Waals surface area contributed by atoms with Crippen LogP contribution in [0.3, 0.4) is 0 Å². The summed E-state index contributed by atoms with van der Waals surface area (Å²) in [4.78, 5) is 43.4. The Morgan fingerprint density at radius 2 is 1.73 bits per heavy atom. The molecule has 0 unspecified atom stereocenters. The zero-order valence-electron chi connectivity index (χ0n) is 24.6. The quantitative estimate of drug-likeness (QED) is 0.159. The minimum absolute atomic E-state index is 0.0275. The highest BCUT2D eigenvalue weighted by molar-refractivity contribution is 6.05. The van der Waals surface area contributed by atoms with Gasteiger partial charge in [0, 0.05) is 34.8 Å². The number of urea groups is 1. The Balaban J connectivity index is 0.00000196. The lowest BCUT2D eigenvalue weighted by Gasteiger charge is -2.31. The summed E-state index contributed by atoms with van der Waals surface area (Å²) >= 11 is 0. The van der Waals surface area contributed by atoms with Crippen LogP contribution in [0, 0.1) is 24.4 Å². The van der Waals surface area contributed by atoms with E-state index in [1.165, 1.54) is 30.3 Å². The zero-order chi connectivity index (χ0) is 32.1. The molecule has 3 aromatic carbocycles. The molecule has 0 saturated heterocycles. The van der Waals surface area contributed by atoms with Gasteiger partial charge in [0.25, 0.3) is 5.91 Å². The molecular formula is C32H29F3N8O2. The van der Waals surface area contributed by atoms with Crippen molar-refractivity contribution in [3.63, 3.8) is 0 Å². The minimum atomic E-state index is -0.955. The second-order valence-electron chi connectivity index (χ2n) is 9.64. The van der Waals surface area contributed by atoms with Crippen molar-refractivity contribution in [3.8, 4) is 11.3 Å². The predicted octanol–water partition coefficient (Wildman–Crippen LogP) is 6.84. The van der Waals surface area contributed by atoms with E-state index < -0.39 is 35.1 Å². The average Bonchev–Trinajstić information content (AvgIpc) is 3.57. The zero-order valence-corrected chi connectivity index (χ0v) is 24.6. The van der Waals surface area contributed by atoms with Crippen LogP contribution < -0.4 is 20.9 Å². The molecule has 3 amide bonds. The number of fused-ring (bicyclic) bond motifs is 1. The molecule has 3 heterocycles. The van der Waals surface area contributed by atoms with Crippen molar-refractivity contribution in [2.24, 2.45) is 0 Å². The lowest BCUT2D eigenvalue weighted by Crippen LogP contribution is -2.43. The second-order valence-corrected chi connectivity index (χ2v) is 9.64. The van der Waals surface area contributed by atoms with Crippen LogP contribution in [0.1, 0.15) is 41.2 Å². The van der Waals surface area contributed by atoms with E-state index in [1.807, 2.05) is 20.8 Å². The molecule has 230 valence electrons. The number of hydrogen-bond acceptors (Lipinski definition) is 6. The number of aryl methyl sites for hydroxylation is 1. The van der Waals surface area contributed by atoms with Crippen molar-refractivity contribution in [2.75, 3.05) is 15.5 Å². The maximum atomic E-state index is 15.0. The van der Waals surface area contributed by atoms with Crippen molar-refractivity contribution < 1.29 is 22.8 Å². The van der Waals surface area contributed by atoms with Crippen LogP contribution in [-0.4, -0.2) is 31.9 Å². The number of carbonyl (C=O) groups is 2. The van der Waals surface area contributed by atoms with Gasteiger partial charge < -0.3 is 20.9 Å². The van der Waals surface area contributed by atoms with Gasteiger partial charge in [-0.1, -0.05) is 26.0 Å². The number of amides is 3. The van der Waals surface area contributed by atoms with E-state index in [1.54, 1.807) is 30.6 Å². The molecule has 45 heavy (non-hydrogen) atoms. The Morgan fingerprint density at radius 3 is 2.42 bits per heavy atom. The second kappa shape index (κ2) is 13.3. The highest BCUT2D eigenvalue weighted by atomic mass is 19.1. The van der Waals surface area contributed by atoms with Gasteiger partial charge in [0.05, 0.1) is 18.8 Å². The first-order valence-electron chi connectivity index (χ1n) is 14.1. The molecule has 6 rings (SSSR count). The van der Waals surface area contributed by atoms with Crippen LogP contribution in [0.15, 0.2) is 73.1 Å². The number of nitrogens with zero attached hydrogens (tertiary/aromatic N) is 4. The van der Waals surface area contributed by atoms with Gasteiger partial charge in [0.15, 0.2) is 5.82 Å². The summed E-state index contributed by atoms with van der Waals surface area (Å²) in [6.07, 6.45) is 3.23. The third kappa shape index (κ3) is 6.47. The lowest BCUT2D eigenvalue weighted by atomic mass is 9.97. The van der Waals surface area contributed by atoms with Crippen LogP contribution in [0.5, 0.6) is 0 Å². The first-order chi connectivity index (χ1) is 21.8. The van der Waals surface area contributed by atoms with Crippen molar-refractivity contribution in [1.82, 2.24) is 25.3 Å². The standard InChI is InChI=1S/C30H23F3N8O2.C2H6/c1-16-5-6-17(28(42)38-19-9-7-18(31)8-10-19)13-20(16)25-21-14-37-30(43)41(26-22(32)3-2-4-23(26)33)27(21)40-29(39-25)36-15-24-34-11-12-35-24;1-2/h2-13H,14-15H2,1H3,(H,34,35)(H,37,43)(H,38,42)(H,36,39,40);1-2H3. The summed E-state index contributed by atoms with van der Waals surface area (Å²) in [6, 6.07) is 12.9. The highest BCUT2D eigenvalue weighted by Crippen LogP contribution is 2.39. The predicted molar refractivity (Wildman–Crippen MR) is 165 cm³/mol. The fourth-order valence-electron chi connectivity index (χ4n) is 4.68. The molecule has 1 aliphatic heterocycles. The maximum absolute atomic E-state index is 15.0. The number of imidazole rings is 1. The summed E-state index contributed by atoms with van der Waals surface area (Å²) in [5, 5.41) is 8.42. The Morgan fingerprint density at radius 1 is 1.00 bits per heavy atom. The topological polar surface area (TPSA) is 128 Å². The van der Waals surface area contributed by atoms with E-state index in [2.05, 4.69) is 30.9 Å². The third-order valence-electron chi connectivity index (χ3n) is 6.80. The Hall–Kier alpha value is -5.72. The number of aromatic nitrogens is 4. The first-order valence-corrected chi connectivity index (χ1v) is 14.1. The lowest BCUT2D eigenvalue weighted by molar-refractivity contribution is 0.102. The van der Waals surface area contributed by atoms with Crippen LogP contribution in [-0.2, 0) is 13.1 Å². The average molecular weight is 615 g/mol. The van der Waals surface area contributed by atoms with E-state index in [9.17, 15) is 22.8 Å². The van der Waals surface area contributed by atoms with Gasteiger partial charge in [0.2, 0.25) is 5.95 Å². The van der Waals surface area contributed by atoms with Crippen LogP contribution in [0.25, 0.3) is 11.3 Å². The van der Waals surface area contributed by atoms with Crippen LogP contribution >= 0.6 is 0 Å². The van der Waals surface area contributed by atoms with Gasteiger partial charge in [0.1, 0.15) is 29.0 Å². The van der Waals surface area contributed by atoms with Gasteiger partial charge in [-0.15, -0.1) is 0 Å². The van der Waals surface area contributed by atoms with Gasteiger partial charge in [-0.05, 0) is 61.0 Å². The minimum Gasteiger partial charge on any atom is -0.347 e. The number of hydrogen-bond donors (Lipinski definition) is 4. The van der Waals surface area contributed by atoms with Gasteiger partial charge >= 0.3 is 6.03 Å². The molecule has 5 aromatic rings. The van der Waals surface area contributed by atoms with Gasteiger partial charge in [-0.3, -0.25) is 4.79 Å².